The zero-order valence-electron chi connectivity index (χ0n) is 19.4. The number of ether oxygens (including phenoxy) is 2. The highest BCUT2D eigenvalue weighted by atomic mass is 32.1. The lowest BCUT2D eigenvalue weighted by Crippen LogP contribution is -2.44. The number of carbonyl (C=O) groups is 1. The molecule has 1 aliphatic heterocycles. The zero-order chi connectivity index (χ0) is 24.0. The quantitative estimate of drug-likeness (QED) is 0.419. The lowest BCUT2D eigenvalue weighted by Gasteiger charge is -2.33. The molecule has 2 aromatic carbocycles. The van der Waals surface area contributed by atoms with Crippen molar-refractivity contribution in [3.63, 3.8) is 0 Å². The van der Waals surface area contributed by atoms with Crippen LogP contribution in [0.25, 0.3) is 21.5 Å². The van der Waals surface area contributed by atoms with Gasteiger partial charge in [0.25, 0.3) is 5.91 Å². The van der Waals surface area contributed by atoms with Crippen LogP contribution in [0, 0.1) is 12.7 Å². The Kier molecular flexibility index (Phi) is 5.51. The van der Waals surface area contributed by atoms with Gasteiger partial charge in [0.15, 0.2) is 11.5 Å². The van der Waals surface area contributed by atoms with Gasteiger partial charge in [-0.1, -0.05) is 12.1 Å². The number of rotatable bonds is 5. The number of thiazole rings is 1. The van der Waals surface area contributed by atoms with Gasteiger partial charge in [-0.3, -0.25) is 4.79 Å². The van der Waals surface area contributed by atoms with Crippen LogP contribution < -0.4 is 9.47 Å². The summed E-state index contributed by atoms with van der Waals surface area (Å²) >= 11 is 1.44. The van der Waals surface area contributed by atoms with E-state index in [1.165, 1.54) is 23.5 Å². The van der Waals surface area contributed by atoms with Crippen LogP contribution in [0.2, 0.25) is 0 Å². The molecule has 1 amide bonds. The molecular formula is C25H25FN4O3S. The van der Waals surface area contributed by atoms with Crippen LogP contribution in [0.1, 0.15) is 41.1 Å². The fourth-order valence-electron chi connectivity index (χ4n) is 4.62. The van der Waals surface area contributed by atoms with E-state index >= 15 is 0 Å². The van der Waals surface area contributed by atoms with Gasteiger partial charge in [-0.15, -0.1) is 11.3 Å². The van der Waals surface area contributed by atoms with Gasteiger partial charge in [0.1, 0.15) is 17.3 Å². The molecular weight excluding hydrogens is 455 g/mol. The Balaban J connectivity index is 1.54. The van der Waals surface area contributed by atoms with Crippen molar-refractivity contribution in [2.45, 2.75) is 32.2 Å². The molecule has 1 fully saturated rings. The molecule has 0 spiro atoms. The van der Waals surface area contributed by atoms with E-state index in [-0.39, 0.29) is 11.7 Å². The number of hydrogen-bond donors (Lipinski definition) is 1. The molecule has 34 heavy (non-hydrogen) atoms. The number of imidazole rings is 1. The molecule has 1 saturated heterocycles. The van der Waals surface area contributed by atoms with Gasteiger partial charge in [-0.25, -0.2) is 14.4 Å². The van der Waals surface area contributed by atoms with Crippen molar-refractivity contribution in [1.82, 2.24) is 19.9 Å². The maximum atomic E-state index is 13.8. The predicted octanol–water partition coefficient (Wildman–Crippen LogP) is 5.30. The number of likely N-dealkylation sites (tertiary alicyclic amines) is 1. The topological polar surface area (TPSA) is 80.3 Å². The standard InChI is InChI=1S/C25H25FN4O3S/c1-14-27-21(22(34-14)15-6-8-16(26)9-7-15)23(31)30-11-5-10-25(30,2)24-28-17-12-19(32-3)20(33-4)13-18(17)29-24/h6-9,12-13H,5,10-11H2,1-4H3,(H,28,29). The van der Waals surface area contributed by atoms with Crippen LogP contribution in [0.3, 0.4) is 0 Å². The third-order valence-electron chi connectivity index (χ3n) is 6.43. The second kappa shape index (κ2) is 8.39. The van der Waals surface area contributed by atoms with E-state index in [4.69, 9.17) is 14.5 Å². The number of halogens is 1. The highest BCUT2D eigenvalue weighted by Gasteiger charge is 2.45. The Labute approximate surface area is 200 Å². The number of fused-ring (bicyclic) bond motifs is 1. The first kappa shape index (κ1) is 22.3. The number of hydrogen-bond acceptors (Lipinski definition) is 6. The van der Waals surface area contributed by atoms with Crippen LogP contribution in [0.4, 0.5) is 4.39 Å². The predicted molar refractivity (Wildman–Crippen MR) is 129 cm³/mol. The zero-order valence-corrected chi connectivity index (χ0v) is 20.3. The lowest BCUT2D eigenvalue weighted by atomic mass is 9.97. The molecule has 176 valence electrons. The number of H-pyrrole nitrogens is 1. The van der Waals surface area contributed by atoms with Crippen molar-refractivity contribution in [2.24, 2.45) is 0 Å². The smallest absolute Gasteiger partial charge is 0.274 e. The molecule has 0 radical (unpaired) electrons. The molecule has 0 aliphatic carbocycles. The molecule has 0 bridgehead atoms. The first-order valence-electron chi connectivity index (χ1n) is 11.0. The third kappa shape index (κ3) is 3.60. The monoisotopic (exact) mass is 480 g/mol. The Morgan fingerprint density at radius 2 is 1.85 bits per heavy atom. The van der Waals surface area contributed by atoms with E-state index in [2.05, 4.69) is 9.97 Å². The van der Waals surface area contributed by atoms with Gasteiger partial charge in [-0.05, 0) is 44.4 Å². The summed E-state index contributed by atoms with van der Waals surface area (Å²) in [6.07, 6.45) is 1.61. The van der Waals surface area contributed by atoms with E-state index in [9.17, 15) is 9.18 Å². The van der Waals surface area contributed by atoms with E-state index < -0.39 is 5.54 Å². The summed E-state index contributed by atoms with van der Waals surface area (Å²) in [5.41, 5.74) is 2.09. The molecule has 9 heteroatoms. The number of aromatic amines is 1. The highest BCUT2D eigenvalue weighted by molar-refractivity contribution is 7.15. The number of nitrogens with zero attached hydrogens (tertiary/aromatic N) is 3. The average molecular weight is 481 g/mol. The van der Waals surface area contributed by atoms with E-state index in [1.54, 1.807) is 26.4 Å². The third-order valence-corrected chi connectivity index (χ3v) is 7.45. The molecule has 7 nitrogen and oxygen atoms in total. The largest absolute Gasteiger partial charge is 0.493 e. The number of benzene rings is 2. The average Bonchev–Trinajstić information content (AvgIpc) is 3.54. The van der Waals surface area contributed by atoms with Crippen LogP contribution in [-0.2, 0) is 5.54 Å². The summed E-state index contributed by atoms with van der Waals surface area (Å²) in [6, 6.07) is 9.84. The van der Waals surface area contributed by atoms with Gasteiger partial charge >= 0.3 is 0 Å². The maximum absolute atomic E-state index is 13.8. The SMILES string of the molecule is COc1cc2nc(C3(C)CCCN3C(=O)c3nc(C)sc3-c3ccc(F)cc3)[nH]c2cc1OC. The normalized spacial score (nSPS) is 18.0. The second-order valence-corrected chi connectivity index (χ2v) is 9.76. The number of methoxy groups -OCH3 is 2. The molecule has 1 N–H and O–H groups in total. The van der Waals surface area contributed by atoms with Crippen molar-refractivity contribution >= 4 is 28.3 Å². The summed E-state index contributed by atoms with van der Waals surface area (Å²) in [5.74, 6) is 1.44. The number of nitrogens with one attached hydrogen (secondary N) is 1. The Morgan fingerprint density at radius 1 is 1.15 bits per heavy atom. The fourth-order valence-corrected chi connectivity index (χ4v) is 5.54. The van der Waals surface area contributed by atoms with Crippen LogP contribution in [-0.4, -0.2) is 46.5 Å². The van der Waals surface area contributed by atoms with Crippen molar-refractivity contribution in [2.75, 3.05) is 20.8 Å². The lowest BCUT2D eigenvalue weighted by molar-refractivity contribution is 0.0601. The molecule has 5 rings (SSSR count). The Hall–Kier alpha value is -3.46. The van der Waals surface area contributed by atoms with Gasteiger partial charge in [0.2, 0.25) is 0 Å². The maximum Gasteiger partial charge on any atom is 0.274 e. The molecule has 0 saturated carbocycles. The minimum absolute atomic E-state index is 0.153. The summed E-state index contributed by atoms with van der Waals surface area (Å²) in [7, 11) is 3.18. The van der Waals surface area contributed by atoms with Gasteiger partial charge in [0, 0.05) is 18.7 Å². The van der Waals surface area contributed by atoms with Gasteiger partial charge < -0.3 is 19.4 Å². The minimum Gasteiger partial charge on any atom is -0.493 e. The van der Waals surface area contributed by atoms with E-state index in [0.29, 0.717) is 29.6 Å². The highest BCUT2D eigenvalue weighted by Crippen LogP contribution is 2.41. The fraction of sp³-hybridized carbons (Fsp3) is 0.320. The summed E-state index contributed by atoms with van der Waals surface area (Å²) in [6.45, 7) is 4.50. The van der Waals surface area contributed by atoms with Crippen LogP contribution in [0.5, 0.6) is 11.5 Å². The summed E-state index contributed by atoms with van der Waals surface area (Å²) in [4.78, 5) is 29.2. The molecule has 1 aliphatic rings. The summed E-state index contributed by atoms with van der Waals surface area (Å²) in [5, 5.41) is 0.784. The molecule has 3 heterocycles. The number of carbonyl (C=O) groups excluding carboxylic acids is 1. The second-order valence-electron chi connectivity index (χ2n) is 8.56. The number of amides is 1. The first-order chi connectivity index (χ1) is 16.3. The van der Waals surface area contributed by atoms with Crippen molar-refractivity contribution in [1.29, 1.82) is 0 Å². The number of aryl methyl sites for hydroxylation is 1. The van der Waals surface area contributed by atoms with E-state index in [1.807, 2.05) is 30.9 Å². The van der Waals surface area contributed by atoms with E-state index in [0.717, 1.165) is 39.3 Å². The van der Waals surface area contributed by atoms with Crippen LogP contribution >= 0.6 is 11.3 Å². The van der Waals surface area contributed by atoms with Crippen molar-refractivity contribution in [3.05, 3.63) is 58.7 Å². The van der Waals surface area contributed by atoms with Crippen LogP contribution in [0.15, 0.2) is 36.4 Å². The molecule has 2 aromatic heterocycles. The van der Waals surface area contributed by atoms with Crippen molar-refractivity contribution < 1.29 is 18.7 Å². The van der Waals surface area contributed by atoms with Crippen molar-refractivity contribution in [3.8, 4) is 21.9 Å². The van der Waals surface area contributed by atoms with Gasteiger partial charge in [-0.2, -0.15) is 0 Å². The Morgan fingerprint density at radius 3 is 2.56 bits per heavy atom. The number of aromatic nitrogens is 3. The Bertz CT molecular complexity index is 1340. The first-order valence-corrected chi connectivity index (χ1v) is 11.8. The molecule has 4 aromatic rings. The minimum atomic E-state index is -0.631. The van der Waals surface area contributed by atoms with Gasteiger partial charge in [0.05, 0.1) is 40.7 Å². The summed E-state index contributed by atoms with van der Waals surface area (Å²) < 4.78 is 24.3. The molecule has 1 atom stereocenters. The molecule has 1 unspecified atom stereocenters.